The van der Waals surface area contributed by atoms with Crippen molar-refractivity contribution in [1.29, 1.82) is 0 Å². The van der Waals surface area contributed by atoms with Crippen molar-refractivity contribution in [2.75, 3.05) is 12.4 Å². The standard InChI is InChI=1S/C24H17F2N3O3S/c25-17-12-10-16(11-13-17)21(30)14-32-22(31)15-33-24-28-27-23(19-8-4-5-9-20(19)26)29(24)18-6-2-1-3-7-18/h1-13H,14-15H2. The molecule has 9 heteroatoms. The number of para-hydroxylation sites is 1. The molecular weight excluding hydrogens is 448 g/mol. The number of halogens is 2. The molecule has 0 saturated heterocycles. The van der Waals surface area contributed by atoms with E-state index >= 15 is 0 Å². The zero-order chi connectivity index (χ0) is 23.2. The van der Waals surface area contributed by atoms with E-state index in [2.05, 4.69) is 10.2 Å². The van der Waals surface area contributed by atoms with Crippen molar-refractivity contribution in [1.82, 2.24) is 14.8 Å². The van der Waals surface area contributed by atoms with Gasteiger partial charge in [-0.1, -0.05) is 42.1 Å². The first-order valence-electron chi connectivity index (χ1n) is 9.86. The molecule has 166 valence electrons. The molecule has 0 atom stereocenters. The van der Waals surface area contributed by atoms with Crippen molar-refractivity contribution in [2.24, 2.45) is 0 Å². The maximum Gasteiger partial charge on any atom is 0.316 e. The van der Waals surface area contributed by atoms with Gasteiger partial charge in [-0.15, -0.1) is 10.2 Å². The molecule has 0 saturated carbocycles. The predicted octanol–water partition coefficient (Wildman–Crippen LogP) is 4.73. The lowest BCUT2D eigenvalue weighted by molar-refractivity contribution is -0.139. The number of thioether (sulfide) groups is 1. The van der Waals surface area contributed by atoms with Crippen LogP contribution in [-0.4, -0.2) is 38.9 Å². The third-order valence-corrected chi connectivity index (χ3v) is 5.51. The molecule has 4 rings (SSSR count). The van der Waals surface area contributed by atoms with Crippen LogP contribution in [0.4, 0.5) is 8.78 Å². The molecule has 1 aromatic heterocycles. The number of carbonyl (C=O) groups is 2. The lowest BCUT2D eigenvalue weighted by Crippen LogP contribution is -2.15. The largest absolute Gasteiger partial charge is 0.457 e. The second-order valence-electron chi connectivity index (χ2n) is 6.84. The van der Waals surface area contributed by atoms with E-state index < -0.39 is 30.0 Å². The van der Waals surface area contributed by atoms with Crippen LogP contribution in [0.1, 0.15) is 10.4 Å². The summed E-state index contributed by atoms with van der Waals surface area (Å²) < 4.78 is 34.1. The molecule has 1 heterocycles. The zero-order valence-corrected chi connectivity index (χ0v) is 18.0. The molecule has 0 fully saturated rings. The summed E-state index contributed by atoms with van der Waals surface area (Å²) >= 11 is 1.05. The Kier molecular flexibility index (Phi) is 6.89. The second-order valence-corrected chi connectivity index (χ2v) is 7.78. The maximum atomic E-state index is 14.4. The lowest BCUT2D eigenvalue weighted by atomic mass is 10.1. The normalized spacial score (nSPS) is 10.7. The van der Waals surface area contributed by atoms with Gasteiger partial charge in [0.1, 0.15) is 11.6 Å². The van der Waals surface area contributed by atoms with E-state index in [1.54, 1.807) is 22.8 Å². The SMILES string of the molecule is O=C(CSc1nnc(-c2ccccc2F)n1-c1ccccc1)OCC(=O)c1ccc(F)cc1. The summed E-state index contributed by atoms with van der Waals surface area (Å²) in [7, 11) is 0. The van der Waals surface area contributed by atoms with Crippen LogP contribution in [0.15, 0.2) is 84.0 Å². The Bertz CT molecular complexity index is 1280. The number of Topliss-reactive ketones (excluding diaryl/α,β-unsaturated/α-hetero) is 1. The fourth-order valence-electron chi connectivity index (χ4n) is 3.02. The minimum absolute atomic E-state index is 0.140. The fourth-order valence-corrected chi connectivity index (χ4v) is 3.77. The highest BCUT2D eigenvalue weighted by atomic mass is 32.2. The summed E-state index contributed by atoms with van der Waals surface area (Å²) in [6.45, 7) is -0.461. The lowest BCUT2D eigenvalue weighted by Gasteiger charge is -2.10. The summed E-state index contributed by atoms with van der Waals surface area (Å²) in [5.74, 6) is -1.83. The van der Waals surface area contributed by atoms with Crippen LogP contribution < -0.4 is 0 Å². The predicted molar refractivity (Wildman–Crippen MR) is 119 cm³/mol. The molecule has 3 aromatic carbocycles. The molecule has 0 aliphatic rings. The molecule has 0 aliphatic heterocycles. The van der Waals surface area contributed by atoms with Crippen molar-refractivity contribution < 1.29 is 23.1 Å². The Labute approximate surface area is 192 Å². The van der Waals surface area contributed by atoms with E-state index in [0.29, 0.717) is 16.7 Å². The van der Waals surface area contributed by atoms with Gasteiger partial charge in [0.05, 0.1) is 11.3 Å². The van der Waals surface area contributed by atoms with Crippen molar-refractivity contribution in [3.05, 3.63) is 96.1 Å². The van der Waals surface area contributed by atoms with Gasteiger partial charge in [-0.05, 0) is 48.5 Å². The minimum Gasteiger partial charge on any atom is -0.457 e. The molecule has 4 aromatic rings. The quantitative estimate of drug-likeness (QED) is 0.213. The number of nitrogens with zero attached hydrogens (tertiary/aromatic N) is 3. The first-order valence-corrected chi connectivity index (χ1v) is 10.8. The van der Waals surface area contributed by atoms with Crippen LogP contribution in [0.5, 0.6) is 0 Å². The third-order valence-electron chi connectivity index (χ3n) is 4.61. The van der Waals surface area contributed by atoms with E-state index in [0.717, 1.165) is 23.9 Å². The number of aromatic nitrogens is 3. The Morgan fingerprint density at radius 1 is 0.879 bits per heavy atom. The highest BCUT2D eigenvalue weighted by molar-refractivity contribution is 7.99. The molecule has 0 bridgehead atoms. The summed E-state index contributed by atoms with van der Waals surface area (Å²) in [6.07, 6.45) is 0. The molecular formula is C24H17F2N3O3S. The van der Waals surface area contributed by atoms with Crippen LogP contribution in [0.2, 0.25) is 0 Å². The molecule has 0 spiro atoms. The van der Waals surface area contributed by atoms with E-state index in [9.17, 15) is 18.4 Å². The summed E-state index contributed by atoms with van der Waals surface area (Å²) in [5.41, 5.74) is 1.21. The van der Waals surface area contributed by atoms with Gasteiger partial charge in [-0.3, -0.25) is 14.2 Å². The first kappa shape index (κ1) is 22.3. The number of hydrogen-bond donors (Lipinski definition) is 0. The van der Waals surface area contributed by atoms with Crippen LogP contribution in [0.25, 0.3) is 17.1 Å². The van der Waals surface area contributed by atoms with Gasteiger partial charge in [0, 0.05) is 11.3 Å². The van der Waals surface area contributed by atoms with E-state index in [1.165, 1.54) is 18.2 Å². The highest BCUT2D eigenvalue weighted by Gasteiger charge is 2.20. The molecule has 0 amide bonds. The first-order chi connectivity index (χ1) is 16.0. The van der Waals surface area contributed by atoms with E-state index in [1.807, 2.05) is 30.3 Å². The van der Waals surface area contributed by atoms with Gasteiger partial charge < -0.3 is 4.74 Å². The number of benzene rings is 3. The average Bonchev–Trinajstić information content (AvgIpc) is 3.26. The van der Waals surface area contributed by atoms with Gasteiger partial charge in [0.2, 0.25) is 0 Å². The monoisotopic (exact) mass is 465 g/mol. The van der Waals surface area contributed by atoms with Crippen molar-refractivity contribution in [3.8, 4) is 17.1 Å². The van der Waals surface area contributed by atoms with Crippen molar-refractivity contribution >= 4 is 23.5 Å². The van der Waals surface area contributed by atoms with Crippen LogP contribution >= 0.6 is 11.8 Å². The molecule has 0 N–H and O–H groups in total. The number of esters is 1. The molecule has 6 nitrogen and oxygen atoms in total. The third kappa shape index (κ3) is 5.32. The smallest absolute Gasteiger partial charge is 0.316 e. The summed E-state index contributed by atoms with van der Waals surface area (Å²) in [6, 6.07) is 20.3. The van der Waals surface area contributed by atoms with Crippen molar-refractivity contribution in [3.63, 3.8) is 0 Å². The molecule has 0 unspecified atom stereocenters. The Balaban J connectivity index is 1.48. The van der Waals surface area contributed by atoms with Gasteiger partial charge in [0.25, 0.3) is 0 Å². The number of hydrogen-bond acceptors (Lipinski definition) is 6. The molecule has 0 aliphatic carbocycles. The fraction of sp³-hybridized carbons (Fsp3) is 0.0833. The Morgan fingerprint density at radius 3 is 2.30 bits per heavy atom. The van der Waals surface area contributed by atoms with Crippen LogP contribution in [-0.2, 0) is 9.53 Å². The summed E-state index contributed by atoms with van der Waals surface area (Å²) in [4.78, 5) is 24.3. The Hall–Kier alpha value is -3.85. The summed E-state index contributed by atoms with van der Waals surface area (Å²) in [5, 5.41) is 8.63. The van der Waals surface area contributed by atoms with Gasteiger partial charge >= 0.3 is 5.97 Å². The minimum atomic E-state index is -0.634. The number of ether oxygens (including phenoxy) is 1. The second kappa shape index (κ2) is 10.2. The number of ketones is 1. The van der Waals surface area contributed by atoms with Gasteiger partial charge in [0.15, 0.2) is 23.4 Å². The average molecular weight is 465 g/mol. The Morgan fingerprint density at radius 2 is 1.58 bits per heavy atom. The van der Waals surface area contributed by atoms with Gasteiger partial charge in [-0.25, -0.2) is 8.78 Å². The maximum absolute atomic E-state index is 14.4. The number of rotatable bonds is 8. The van der Waals surface area contributed by atoms with Gasteiger partial charge in [-0.2, -0.15) is 0 Å². The topological polar surface area (TPSA) is 74.1 Å². The number of carbonyl (C=O) groups excluding carboxylic acids is 2. The highest BCUT2D eigenvalue weighted by Crippen LogP contribution is 2.29. The zero-order valence-electron chi connectivity index (χ0n) is 17.2. The van der Waals surface area contributed by atoms with E-state index in [4.69, 9.17) is 4.74 Å². The molecule has 33 heavy (non-hydrogen) atoms. The van der Waals surface area contributed by atoms with Crippen LogP contribution in [0.3, 0.4) is 0 Å². The van der Waals surface area contributed by atoms with Crippen molar-refractivity contribution in [2.45, 2.75) is 5.16 Å². The van der Waals surface area contributed by atoms with E-state index in [-0.39, 0.29) is 16.9 Å². The molecule has 0 radical (unpaired) electrons. The van der Waals surface area contributed by atoms with Crippen LogP contribution in [0, 0.1) is 11.6 Å².